The van der Waals surface area contributed by atoms with Crippen molar-refractivity contribution in [2.75, 3.05) is 19.6 Å². The molecule has 140 valence electrons. The Kier molecular flexibility index (Phi) is 5.74. The number of Topliss-reactive ketones (excluding diaryl/α,β-unsaturated/α-hetero) is 1. The van der Waals surface area contributed by atoms with E-state index in [1.807, 2.05) is 54.0 Å². The molecule has 1 aromatic carbocycles. The monoisotopic (exact) mass is 356 g/mol. The van der Waals surface area contributed by atoms with Crippen molar-refractivity contribution in [1.82, 2.24) is 9.80 Å². The van der Waals surface area contributed by atoms with Crippen molar-refractivity contribution >= 4 is 17.6 Å². The van der Waals surface area contributed by atoms with Crippen molar-refractivity contribution in [3.05, 3.63) is 35.9 Å². The third-order valence-electron chi connectivity index (χ3n) is 5.87. The maximum atomic E-state index is 12.9. The summed E-state index contributed by atoms with van der Waals surface area (Å²) < 4.78 is 0. The van der Waals surface area contributed by atoms with Gasteiger partial charge in [-0.25, -0.2) is 0 Å². The summed E-state index contributed by atoms with van der Waals surface area (Å²) in [5, 5.41) is 0. The highest BCUT2D eigenvalue weighted by atomic mass is 16.2. The quantitative estimate of drug-likeness (QED) is 0.815. The summed E-state index contributed by atoms with van der Waals surface area (Å²) in [4.78, 5) is 40.9. The summed E-state index contributed by atoms with van der Waals surface area (Å²) in [5.74, 6) is 0.270. The van der Waals surface area contributed by atoms with Crippen LogP contribution in [0.4, 0.5) is 0 Å². The molecule has 5 heteroatoms. The minimum absolute atomic E-state index is 0.0191. The number of piperidine rings is 1. The van der Waals surface area contributed by atoms with E-state index in [0.717, 1.165) is 18.4 Å². The van der Waals surface area contributed by atoms with E-state index in [2.05, 4.69) is 0 Å². The maximum Gasteiger partial charge on any atom is 0.227 e. The molecule has 0 spiro atoms. The Morgan fingerprint density at radius 3 is 2.38 bits per heavy atom. The summed E-state index contributed by atoms with van der Waals surface area (Å²) in [6, 6.07) is 9.91. The number of benzene rings is 1. The lowest BCUT2D eigenvalue weighted by atomic mass is 9.90. The van der Waals surface area contributed by atoms with Crippen LogP contribution in [0.2, 0.25) is 0 Å². The number of amides is 2. The molecule has 0 aromatic heterocycles. The summed E-state index contributed by atoms with van der Waals surface area (Å²) in [6.45, 7) is 5.66. The van der Waals surface area contributed by atoms with Crippen LogP contribution in [0.15, 0.2) is 30.3 Å². The number of nitrogens with zero attached hydrogens (tertiary/aromatic N) is 2. The van der Waals surface area contributed by atoms with E-state index in [1.54, 1.807) is 0 Å². The van der Waals surface area contributed by atoms with Crippen molar-refractivity contribution in [2.24, 2.45) is 11.8 Å². The molecule has 2 unspecified atom stereocenters. The summed E-state index contributed by atoms with van der Waals surface area (Å²) in [6.07, 6.45) is 2.37. The smallest absolute Gasteiger partial charge is 0.227 e. The second-order valence-electron chi connectivity index (χ2n) is 7.45. The molecule has 2 amide bonds. The number of likely N-dealkylation sites (tertiary alicyclic amines) is 2. The van der Waals surface area contributed by atoms with E-state index in [-0.39, 0.29) is 29.7 Å². The van der Waals surface area contributed by atoms with Gasteiger partial charge in [0.25, 0.3) is 0 Å². The normalized spacial score (nSPS) is 22.5. The first-order valence-corrected chi connectivity index (χ1v) is 9.67. The Labute approximate surface area is 155 Å². The van der Waals surface area contributed by atoms with Gasteiger partial charge in [-0.2, -0.15) is 0 Å². The van der Waals surface area contributed by atoms with E-state index >= 15 is 0 Å². The van der Waals surface area contributed by atoms with E-state index < -0.39 is 0 Å². The predicted molar refractivity (Wildman–Crippen MR) is 99.3 cm³/mol. The molecular weight excluding hydrogens is 328 g/mol. The average molecular weight is 356 g/mol. The third-order valence-corrected chi connectivity index (χ3v) is 5.87. The van der Waals surface area contributed by atoms with Crippen LogP contribution in [-0.4, -0.2) is 47.0 Å². The van der Waals surface area contributed by atoms with Crippen molar-refractivity contribution in [3.63, 3.8) is 0 Å². The van der Waals surface area contributed by atoms with Gasteiger partial charge in [-0.15, -0.1) is 0 Å². The van der Waals surface area contributed by atoms with Crippen molar-refractivity contribution in [1.29, 1.82) is 0 Å². The van der Waals surface area contributed by atoms with Crippen molar-refractivity contribution in [2.45, 2.75) is 45.6 Å². The zero-order valence-electron chi connectivity index (χ0n) is 15.7. The predicted octanol–water partition coefficient (Wildman–Crippen LogP) is 2.81. The molecule has 2 fully saturated rings. The molecule has 2 aliphatic rings. The fourth-order valence-electron chi connectivity index (χ4n) is 4.15. The molecule has 2 aliphatic heterocycles. The zero-order chi connectivity index (χ0) is 18.7. The van der Waals surface area contributed by atoms with E-state index in [4.69, 9.17) is 0 Å². The molecule has 3 rings (SSSR count). The molecule has 0 aliphatic carbocycles. The van der Waals surface area contributed by atoms with Gasteiger partial charge in [0, 0.05) is 38.4 Å². The van der Waals surface area contributed by atoms with Crippen molar-refractivity contribution in [3.8, 4) is 0 Å². The summed E-state index contributed by atoms with van der Waals surface area (Å²) in [7, 11) is 0. The number of hydrogen-bond acceptors (Lipinski definition) is 3. The highest BCUT2D eigenvalue weighted by Crippen LogP contribution is 2.30. The first-order valence-electron chi connectivity index (χ1n) is 9.67. The van der Waals surface area contributed by atoms with Gasteiger partial charge < -0.3 is 9.80 Å². The van der Waals surface area contributed by atoms with Crippen LogP contribution in [-0.2, 0) is 14.4 Å². The molecule has 0 saturated carbocycles. The topological polar surface area (TPSA) is 57.7 Å². The molecule has 1 aromatic rings. The lowest BCUT2D eigenvalue weighted by Gasteiger charge is -2.33. The number of rotatable bonds is 5. The Morgan fingerprint density at radius 1 is 1.12 bits per heavy atom. The van der Waals surface area contributed by atoms with Crippen LogP contribution in [0.25, 0.3) is 0 Å². The summed E-state index contributed by atoms with van der Waals surface area (Å²) in [5.41, 5.74) is 1.09. The number of hydrogen-bond donors (Lipinski definition) is 0. The first-order chi connectivity index (χ1) is 12.5. The lowest BCUT2D eigenvalue weighted by molar-refractivity contribution is -0.138. The van der Waals surface area contributed by atoms with Crippen LogP contribution < -0.4 is 0 Å². The minimum atomic E-state index is -0.257. The number of carbonyl (C=O) groups is 3. The number of ketones is 1. The summed E-state index contributed by atoms with van der Waals surface area (Å²) >= 11 is 0. The molecule has 2 atom stereocenters. The molecule has 5 nitrogen and oxygen atoms in total. The van der Waals surface area contributed by atoms with E-state index in [0.29, 0.717) is 38.3 Å². The molecule has 0 radical (unpaired) electrons. The van der Waals surface area contributed by atoms with E-state index in [1.165, 1.54) is 0 Å². The van der Waals surface area contributed by atoms with Gasteiger partial charge in [-0.1, -0.05) is 37.3 Å². The number of carbonyl (C=O) groups excluding carboxylic acids is 3. The van der Waals surface area contributed by atoms with Gasteiger partial charge in [-0.3, -0.25) is 14.4 Å². The average Bonchev–Trinajstić information content (AvgIpc) is 3.08. The van der Waals surface area contributed by atoms with Crippen LogP contribution >= 0.6 is 0 Å². The zero-order valence-corrected chi connectivity index (χ0v) is 15.7. The molecule has 0 bridgehead atoms. The highest BCUT2D eigenvalue weighted by Gasteiger charge is 2.39. The van der Waals surface area contributed by atoms with Gasteiger partial charge in [-0.05, 0) is 25.3 Å². The molecule has 0 N–H and O–H groups in total. The van der Waals surface area contributed by atoms with Gasteiger partial charge in [0.15, 0.2) is 0 Å². The van der Waals surface area contributed by atoms with Gasteiger partial charge in [0.05, 0.1) is 12.0 Å². The van der Waals surface area contributed by atoms with Crippen molar-refractivity contribution < 1.29 is 14.4 Å². The lowest BCUT2D eigenvalue weighted by Crippen LogP contribution is -2.43. The second kappa shape index (κ2) is 8.02. The Balaban J connectivity index is 1.58. The first kappa shape index (κ1) is 18.6. The molecular formula is C21H28N2O3. The second-order valence-corrected chi connectivity index (χ2v) is 7.45. The Hall–Kier alpha value is -2.17. The fraction of sp³-hybridized carbons (Fsp3) is 0.571. The largest absolute Gasteiger partial charge is 0.342 e. The van der Waals surface area contributed by atoms with Crippen LogP contribution in [0.1, 0.15) is 51.1 Å². The maximum absolute atomic E-state index is 12.9. The molecule has 2 heterocycles. The molecule has 2 saturated heterocycles. The molecule has 26 heavy (non-hydrogen) atoms. The van der Waals surface area contributed by atoms with Gasteiger partial charge >= 0.3 is 0 Å². The minimum Gasteiger partial charge on any atom is -0.342 e. The van der Waals surface area contributed by atoms with Crippen LogP contribution in [0.3, 0.4) is 0 Å². The Bertz CT molecular complexity index is 665. The SMILES string of the molecule is CCC(=O)C1CCN(C(=O)C2CC(=O)N(C(C)c3ccccc3)C2)CC1. The van der Waals surface area contributed by atoms with Crippen LogP contribution in [0.5, 0.6) is 0 Å². The van der Waals surface area contributed by atoms with Crippen LogP contribution in [0, 0.1) is 11.8 Å². The standard InChI is InChI=1S/C21H28N2O3/c1-3-19(24)17-9-11-22(12-10-17)21(26)18-13-20(25)23(14-18)15(2)16-7-5-4-6-8-16/h4-8,15,17-18H,3,9-14H2,1-2H3. The Morgan fingerprint density at radius 2 is 1.77 bits per heavy atom. The fourth-order valence-corrected chi connectivity index (χ4v) is 4.15. The third kappa shape index (κ3) is 3.81. The van der Waals surface area contributed by atoms with Gasteiger partial charge in [0.2, 0.25) is 11.8 Å². The van der Waals surface area contributed by atoms with E-state index in [9.17, 15) is 14.4 Å². The van der Waals surface area contributed by atoms with Gasteiger partial charge in [0.1, 0.15) is 5.78 Å². The highest BCUT2D eigenvalue weighted by molar-refractivity contribution is 5.89.